The number of carbonyl (C=O) groups is 1. The molecule has 1 aliphatic carbocycles. The summed E-state index contributed by atoms with van der Waals surface area (Å²) in [6.45, 7) is 0. The Morgan fingerprint density at radius 1 is 1.47 bits per heavy atom. The van der Waals surface area contributed by atoms with Gasteiger partial charge in [0.2, 0.25) is 0 Å². The Morgan fingerprint density at radius 3 is 2.71 bits per heavy atom. The first-order valence-electron chi connectivity index (χ1n) is 5.84. The van der Waals surface area contributed by atoms with Gasteiger partial charge < -0.3 is 15.4 Å². The van der Waals surface area contributed by atoms with Crippen LogP contribution in [0.3, 0.4) is 0 Å². The average molecular weight is 234 g/mol. The van der Waals surface area contributed by atoms with Crippen molar-refractivity contribution < 1.29 is 9.53 Å². The third kappa shape index (κ3) is 2.07. The van der Waals surface area contributed by atoms with E-state index in [9.17, 15) is 4.79 Å². The number of anilines is 1. The van der Waals surface area contributed by atoms with Gasteiger partial charge in [-0.05, 0) is 31.4 Å². The molecule has 0 saturated heterocycles. The van der Waals surface area contributed by atoms with Gasteiger partial charge in [0.05, 0.1) is 7.11 Å². The van der Waals surface area contributed by atoms with Gasteiger partial charge in [0.25, 0.3) is 5.91 Å². The summed E-state index contributed by atoms with van der Waals surface area (Å²) in [6, 6.07) is 5.63. The molecule has 4 nitrogen and oxygen atoms in total. The third-order valence-electron chi connectivity index (χ3n) is 3.43. The van der Waals surface area contributed by atoms with Crippen molar-refractivity contribution in [2.45, 2.75) is 25.3 Å². The molecule has 0 unspecified atom stereocenters. The molecule has 1 amide bonds. The van der Waals surface area contributed by atoms with Crippen LogP contribution in [0.5, 0.6) is 5.75 Å². The first kappa shape index (κ1) is 11.8. The summed E-state index contributed by atoms with van der Waals surface area (Å²) in [6.07, 6.45) is 3.36. The predicted molar refractivity (Wildman–Crippen MR) is 67.1 cm³/mol. The molecule has 2 N–H and O–H groups in total. The molecular weight excluding hydrogens is 216 g/mol. The van der Waals surface area contributed by atoms with Crippen molar-refractivity contribution in [3.63, 3.8) is 0 Å². The maximum atomic E-state index is 12.3. The lowest BCUT2D eigenvalue weighted by Crippen LogP contribution is -2.41. The fourth-order valence-corrected chi connectivity index (χ4v) is 2.06. The molecule has 1 fully saturated rings. The molecule has 2 rings (SSSR count). The van der Waals surface area contributed by atoms with Crippen molar-refractivity contribution in [1.82, 2.24) is 4.90 Å². The van der Waals surface area contributed by atoms with Gasteiger partial charge >= 0.3 is 0 Å². The second kappa shape index (κ2) is 4.65. The molecular formula is C13H18N2O2. The van der Waals surface area contributed by atoms with E-state index in [1.807, 2.05) is 7.05 Å². The van der Waals surface area contributed by atoms with Crippen molar-refractivity contribution >= 4 is 11.6 Å². The molecule has 92 valence electrons. The van der Waals surface area contributed by atoms with Crippen molar-refractivity contribution in [3.05, 3.63) is 23.8 Å². The zero-order valence-corrected chi connectivity index (χ0v) is 10.3. The predicted octanol–water partition coefficient (Wildman–Crippen LogP) is 1.90. The number of rotatable bonds is 3. The molecule has 1 aromatic rings. The molecule has 1 saturated carbocycles. The van der Waals surface area contributed by atoms with Gasteiger partial charge in [0, 0.05) is 18.8 Å². The first-order valence-corrected chi connectivity index (χ1v) is 5.84. The van der Waals surface area contributed by atoms with E-state index in [0.29, 0.717) is 23.0 Å². The Kier molecular flexibility index (Phi) is 3.22. The van der Waals surface area contributed by atoms with Gasteiger partial charge in [-0.25, -0.2) is 0 Å². The van der Waals surface area contributed by atoms with E-state index in [1.165, 1.54) is 6.42 Å². The molecule has 0 bridgehead atoms. The summed E-state index contributed by atoms with van der Waals surface area (Å²) in [7, 11) is 3.38. The fourth-order valence-electron chi connectivity index (χ4n) is 2.06. The number of nitrogens with zero attached hydrogens (tertiary/aromatic N) is 1. The summed E-state index contributed by atoms with van der Waals surface area (Å²) in [4.78, 5) is 14.1. The molecule has 0 aromatic heterocycles. The van der Waals surface area contributed by atoms with Crippen LogP contribution in [0.15, 0.2) is 18.2 Å². The Balaban J connectivity index is 2.29. The van der Waals surface area contributed by atoms with Gasteiger partial charge in [0.15, 0.2) is 0 Å². The van der Waals surface area contributed by atoms with Crippen LogP contribution < -0.4 is 10.5 Å². The Morgan fingerprint density at radius 2 is 2.18 bits per heavy atom. The van der Waals surface area contributed by atoms with Gasteiger partial charge in [-0.1, -0.05) is 6.07 Å². The lowest BCUT2D eigenvalue weighted by Gasteiger charge is -2.35. The van der Waals surface area contributed by atoms with Gasteiger partial charge in [-0.15, -0.1) is 0 Å². The molecule has 17 heavy (non-hydrogen) atoms. The Labute approximate surface area is 101 Å². The lowest BCUT2D eigenvalue weighted by molar-refractivity contribution is 0.0650. The van der Waals surface area contributed by atoms with Crippen LogP contribution in [0.2, 0.25) is 0 Å². The van der Waals surface area contributed by atoms with E-state index in [0.717, 1.165) is 12.8 Å². The van der Waals surface area contributed by atoms with Crippen LogP contribution in [0.4, 0.5) is 5.69 Å². The van der Waals surface area contributed by atoms with E-state index in [-0.39, 0.29) is 5.91 Å². The van der Waals surface area contributed by atoms with Crippen molar-refractivity contribution in [2.75, 3.05) is 19.9 Å². The smallest absolute Gasteiger partial charge is 0.259 e. The highest BCUT2D eigenvalue weighted by Gasteiger charge is 2.28. The topological polar surface area (TPSA) is 55.6 Å². The molecule has 0 spiro atoms. The van der Waals surface area contributed by atoms with E-state index < -0.39 is 0 Å². The van der Waals surface area contributed by atoms with Crippen LogP contribution in [0, 0.1) is 0 Å². The molecule has 1 aliphatic rings. The van der Waals surface area contributed by atoms with Crippen molar-refractivity contribution in [2.24, 2.45) is 0 Å². The summed E-state index contributed by atoms with van der Waals surface area (Å²) in [5, 5.41) is 0. The van der Waals surface area contributed by atoms with Crippen LogP contribution in [0.25, 0.3) is 0 Å². The van der Waals surface area contributed by atoms with Crippen LogP contribution in [0.1, 0.15) is 29.6 Å². The summed E-state index contributed by atoms with van der Waals surface area (Å²) in [5.41, 5.74) is 6.82. The standard InChI is InChI=1S/C13H18N2O2/c1-15(9-5-3-6-9)13(16)12-10(14)7-4-8-11(12)17-2/h4,7-9H,3,5-6,14H2,1-2H3. The van der Waals surface area contributed by atoms with Crippen LogP contribution in [-0.2, 0) is 0 Å². The normalized spacial score (nSPS) is 15.2. The van der Waals surface area contributed by atoms with Crippen molar-refractivity contribution in [3.8, 4) is 5.75 Å². The van der Waals surface area contributed by atoms with Crippen LogP contribution >= 0.6 is 0 Å². The van der Waals surface area contributed by atoms with Gasteiger partial charge in [0.1, 0.15) is 11.3 Å². The number of nitrogens with two attached hydrogens (primary N) is 1. The number of benzene rings is 1. The molecule has 0 radical (unpaired) electrons. The molecule has 0 aliphatic heterocycles. The van der Waals surface area contributed by atoms with Crippen molar-refractivity contribution in [1.29, 1.82) is 0 Å². The molecule has 0 heterocycles. The van der Waals surface area contributed by atoms with E-state index in [1.54, 1.807) is 30.2 Å². The minimum absolute atomic E-state index is 0.0512. The second-order valence-electron chi connectivity index (χ2n) is 4.43. The van der Waals surface area contributed by atoms with E-state index >= 15 is 0 Å². The summed E-state index contributed by atoms with van der Waals surface area (Å²) >= 11 is 0. The monoisotopic (exact) mass is 234 g/mol. The minimum atomic E-state index is -0.0512. The minimum Gasteiger partial charge on any atom is -0.496 e. The number of hydrogen-bond acceptors (Lipinski definition) is 3. The van der Waals surface area contributed by atoms with E-state index in [4.69, 9.17) is 10.5 Å². The van der Waals surface area contributed by atoms with Gasteiger partial charge in [-0.3, -0.25) is 4.79 Å². The number of ether oxygens (including phenoxy) is 1. The number of methoxy groups -OCH3 is 1. The SMILES string of the molecule is COc1cccc(N)c1C(=O)N(C)C1CCC1. The maximum absolute atomic E-state index is 12.3. The quantitative estimate of drug-likeness (QED) is 0.813. The highest BCUT2D eigenvalue weighted by atomic mass is 16.5. The molecule has 4 heteroatoms. The Bertz CT molecular complexity index is 427. The number of carbonyl (C=O) groups excluding carboxylic acids is 1. The summed E-state index contributed by atoms with van der Waals surface area (Å²) in [5.74, 6) is 0.492. The zero-order valence-electron chi connectivity index (χ0n) is 10.3. The Hall–Kier alpha value is -1.71. The highest BCUT2D eigenvalue weighted by molar-refractivity contribution is 6.01. The van der Waals surface area contributed by atoms with Crippen LogP contribution in [-0.4, -0.2) is 31.0 Å². The average Bonchev–Trinajstić information content (AvgIpc) is 2.25. The number of amides is 1. The molecule has 1 aromatic carbocycles. The maximum Gasteiger partial charge on any atom is 0.259 e. The zero-order chi connectivity index (χ0) is 12.4. The fraction of sp³-hybridized carbons (Fsp3) is 0.462. The molecule has 0 atom stereocenters. The summed E-state index contributed by atoms with van der Waals surface area (Å²) < 4.78 is 5.20. The largest absolute Gasteiger partial charge is 0.496 e. The second-order valence-corrected chi connectivity index (χ2v) is 4.43. The van der Waals surface area contributed by atoms with E-state index in [2.05, 4.69) is 0 Å². The first-order chi connectivity index (χ1) is 8.15. The third-order valence-corrected chi connectivity index (χ3v) is 3.43. The highest BCUT2D eigenvalue weighted by Crippen LogP contribution is 2.29. The number of nitrogen functional groups attached to an aromatic ring is 1. The lowest BCUT2D eigenvalue weighted by atomic mass is 9.91. The number of hydrogen-bond donors (Lipinski definition) is 1. The van der Waals surface area contributed by atoms with Gasteiger partial charge in [-0.2, -0.15) is 0 Å².